The monoisotopic (exact) mass is 347 g/mol. The fourth-order valence-electron chi connectivity index (χ4n) is 1.71. The number of benzene rings is 1. The van der Waals surface area contributed by atoms with Crippen LogP contribution in [0.3, 0.4) is 0 Å². The van der Waals surface area contributed by atoms with Crippen LogP contribution < -0.4 is 0 Å². The first-order valence-corrected chi connectivity index (χ1v) is 9.06. The van der Waals surface area contributed by atoms with Gasteiger partial charge in [0.15, 0.2) is 9.84 Å². The van der Waals surface area contributed by atoms with Crippen LogP contribution in [0.25, 0.3) is 0 Å². The van der Waals surface area contributed by atoms with Gasteiger partial charge in [-0.1, -0.05) is 22.9 Å². The lowest BCUT2D eigenvalue weighted by atomic mass is 10.2. The zero-order valence-electron chi connectivity index (χ0n) is 11.1. The second kappa shape index (κ2) is 7.05. The van der Waals surface area contributed by atoms with Crippen LogP contribution in [0.4, 0.5) is 0 Å². The topological polar surface area (TPSA) is 54.5 Å². The minimum atomic E-state index is -3.22. The Bertz CT molecular complexity index is 519. The zero-order chi connectivity index (χ0) is 14.5. The largest absolute Gasteiger partial charge is 0.338 e. The van der Waals surface area contributed by atoms with Gasteiger partial charge >= 0.3 is 0 Å². The lowest BCUT2D eigenvalue weighted by molar-refractivity contribution is 0.0766. The van der Waals surface area contributed by atoms with Crippen molar-refractivity contribution in [3.8, 4) is 0 Å². The molecule has 0 aromatic heterocycles. The summed E-state index contributed by atoms with van der Waals surface area (Å²) in [5.41, 5.74) is 0.516. The van der Waals surface area contributed by atoms with E-state index in [4.69, 9.17) is 0 Å². The van der Waals surface area contributed by atoms with Crippen LogP contribution in [0.5, 0.6) is 0 Å². The summed E-state index contributed by atoms with van der Waals surface area (Å²) in [6, 6.07) is 6.08. The second-order valence-corrected chi connectivity index (χ2v) is 7.09. The number of carbonyl (C=O) groups excluding carboxylic acids is 1. The van der Waals surface area contributed by atoms with E-state index >= 15 is 0 Å². The van der Waals surface area contributed by atoms with Gasteiger partial charge in [-0.25, -0.2) is 8.42 Å². The predicted molar refractivity (Wildman–Crippen MR) is 79.5 cm³/mol. The molecule has 1 aromatic rings. The smallest absolute Gasteiger partial charge is 0.253 e. The Labute approximate surface area is 122 Å². The van der Waals surface area contributed by atoms with Crippen molar-refractivity contribution in [1.82, 2.24) is 4.90 Å². The van der Waals surface area contributed by atoms with Crippen LogP contribution >= 0.6 is 15.9 Å². The van der Waals surface area contributed by atoms with Crippen molar-refractivity contribution in [3.05, 3.63) is 29.8 Å². The fourth-order valence-corrected chi connectivity index (χ4v) is 2.77. The summed E-state index contributed by atoms with van der Waals surface area (Å²) in [7, 11) is -3.22. The number of carbonyl (C=O) groups is 1. The minimum absolute atomic E-state index is 0.0682. The molecule has 0 N–H and O–H groups in total. The quantitative estimate of drug-likeness (QED) is 0.742. The Balaban J connectivity index is 2.93. The number of hydrogen-bond donors (Lipinski definition) is 0. The molecule has 0 saturated heterocycles. The van der Waals surface area contributed by atoms with E-state index in [-0.39, 0.29) is 10.8 Å². The fraction of sp³-hybridized carbons (Fsp3) is 0.462. The van der Waals surface area contributed by atoms with Crippen molar-refractivity contribution in [2.45, 2.75) is 18.2 Å². The molecule has 0 aliphatic carbocycles. The minimum Gasteiger partial charge on any atom is -0.338 e. The van der Waals surface area contributed by atoms with Crippen molar-refractivity contribution in [2.75, 3.05) is 24.7 Å². The molecule has 1 aromatic carbocycles. The van der Waals surface area contributed by atoms with E-state index in [9.17, 15) is 13.2 Å². The van der Waals surface area contributed by atoms with E-state index in [1.807, 2.05) is 6.92 Å². The highest BCUT2D eigenvalue weighted by molar-refractivity contribution is 9.09. The molecule has 0 atom stereocenters. The number of nitrogens with zero attached hydrogens (tertiary/aromatic N) is 1. The summed E-state index contributed by atoms with van der Waals surface area (Å²) < 4.78 is 22.7. The lowest BCUT2D eigenvalue weighted by Gasteiger charge is -2.21. The third-order valence-corrected chi connectivity index (χ3v) is 4.15. The number of halogens is 1. The van der Waals surface area contributed by atoms with E-state index in [2.05, 4.69) is 15.9 Å². The molecule has 0 fully saturated rings. The number of rotatable bonds is 6. The molecule has 0 radical (unpaired) electrons. The van der Waals surface area contributed by atoms with Gasteiger partial charge in [0.05, 0.1) is 4.90 Å². The van der Waals surface area contributed by atoms with Gasteiger partial charge in [0.25, 0.3) is 5.91 Å². The highest BCUT2D eigenvalue weighted by Gasteiger charge is 2.15. The van der Waals surface area contributed by atoms with Gasteiger partial charge in [-0.15, -0.1) is 0 Å². The van der Waals surface area contributed by atoms with E-state index in [1.54, 1.807) is 17.0 Å². The first-order chi connectivity index (χ1) is 8.90. The maximum Gasteiger partial charge on any atom is 0.253 e. The molecular formula is C13H18BrNO3S. The molecule has 0 spiro atoms. The maximum atomic E-state index is 12.2. The van der Waals surface area contributed by atoms with Crippen molar-refractivity contribution < 1.29 is 13.2 Å². The van der Waals surface area contributed by atoms with Crippen LogP contribution in [0, 0.1) is 0 Å². The molecule has 0 saturated carbocycles. The molecule has 0 bridgehead atoms. The molecule has 106 valence electrons. The van der Waals surface area contributed by atoms with Gasteiger partial charge in [-0.2, -0.15) is 0 Å². The van der Waals surface area contributed by atoms with Gasteiger partial charge in [-0.05, 0) is 30.7 Å². The van der Waals surface area contributed by atoms with Gasteiger partial charge in [0, 0.05) is 30.2 Å². The molecule has 0 unspecified atom stereocenters. The first-order valence-electron chi connectivity index (χ1n) is 6.05. The van der Waals surface area contributed by atoms with E-state index in [0.717, 1.165) is 18.0 Å². The molecule has 6 heteroatoms. The first kappa shape index (κ1) is 16.2. The molecule has 1 amide bonds. The van der Waals surface area contributed by atoms with Crippen molar-refractivity contribution >= 4 is 31.7 Å². The second-order valence-electron chi connectivity index (χ2n) is 4.28. The average Bonchev–Trinajstić information content (AvgIpc) is 2.37. The molecule has 4 nitrogen and oxygen atoms in total. The highest BCUT2D eigenvalue weighted by atomic mass is 79.9. The molecule has 0 heterocycles. The molecule has 0 aliphatic heterocycles. The van der Waals surface area contributed by atoms with E-state index < -0.39 is 9.84 Å². The van der Waals surface area contributed by atoms with Crippen molar-refractivity contribution in [1.29, 1.82) is 0 Å². The van der Waals surface area contributed by atoms with Gasteiger partial charge in [0.2, 0.25) is 0 Å². The normalized spacial score (nSPS) is 11.3. The van der Waals surface area contributed by atoms with Crippen LogP contribution in [-0.2, 0) is 9.84 Å². The lowest BCUT2D eigenvalue weighted by Crippen LogP contribution is -2.33. The average molecular weight is 348 g/mol. The Morgan fingerprint density at radius 1 is 1.21 bits per heavy atom. The third kappa shape index (κ3) is 4.62. The van der Waals surface area contributed by atoms with Crippen LogP contribution in [-0.4, -0.2) is 43.9 Å². The summed E-state index contributed by atoms with van der Waals surface area (Å²) in [5, 5.41) is 0.722. The Hall–Kier alpha value is -0.880. The van der Waals surface area contributed by atoms with Gasteiger partial charge in [0.1, 0.15) is 0 Å². The number of hydrogen-bond acceptors (Lipinski definition) is 3. The highest BCUT2D eigenvalue weighted by Crippen LogP contribution is 2.12. The Morgan fingerprint density at radius 2 is 1.79 bits per heavy atom. The van der Waals surface area contributed by atoms with Crippen LogP contribution in [0.2, 0.25) is 0 Å². The third-order valence-electron chi connectivity index (χ3n) is 2.66. The number of alkyl halides is 1. The molecule has 19 heavy (non-hydrogen) atoms. The van der Waals surface area contributed by atoms with Crippen LogP contribution in [0.1, 0.15) is 23.7 Å². The van der Waals surface area contributed by atoms with Crippen molar-refractivity contribution in [3.63, 3.8) is 0 Å². The summed E-state index contributed by atoms with van der Waals surface area (Å²) in [6.07, 6.45) is 2.04. The summed E-state index contributed by atoms with van der Waals surface area (Å²) >= 11 is 3.33. The molecule has 0 aliphatic rings. The Morgan fingerprint density at radius 3 is 2.21 bits per heavy atom. The molecule has 1 rings (SSSR count). The summed E-state index contributed by atoms with van der Waals surface area (Å²) in [4.78, 5) is 14.2. The SMILES string of the molecule is CCCN(CCBr)C(=O)c1ccc(S(C)(=O)=O)cc1. The summed E-state index contributed by atoms with van der Waals surface area (Å²) in [6.45, 7) is 3.35. The van der Waals surface area contributed by atoms with E-state index in [1.165, 1.54) is 12.1 Å². The van der Waals surface area contributed by atoms with E-state index in [0.29, 0.717) is 18.7 Å². The number of amides is 1. The van der Waals surface area contributed by atoms with Crippen molar-refractivity contribution in [2.24, 2.45) is 0 Å². The predicted octanol–water partition coefficient (Wildman–Crippen LogP) is 2.34. The molecular weight excluding hydrogens is 330 g/mol. The van der Waals surface area contributed by atoms with Gasteiger partial charge in [-0.3, -0.25) is 4.79 Å². The van der Waals surface area contributed by atoms with Gasteiger partial charge < -0.3 is 4.90 Å². The Kier molecular flexibility index (Phi) is 6.00. The van der Waals surface area contributed by atoms with Crippen LogP contribution in [0.15, 0.2) is 29.2 Å². The standard InChI is InChI=1S/C13H18BrNO3S/c1-3-9-15(10-8-14)13(16)11-4-6-12(7-5-11)19(2,17)18/h4-7H,3,8-10H2,1-2H3. The maximum absolute atomic E-state index is 12.2. The summed E-state index contributed by atoms with van der Waals surface area (Å²) in [5.74, 6) is -0.0682. The zero-order valence-corrected chi connectivity index (χ0v) is 13.5. The number of sulfone groups is 1.